The van der Waals surface area contributed by atoms with E-state index in [-0.39, 0.29) is 4.75 Å². The first-order chi connectivity index (χ1) is 9.52. The Bertz CT molecular complexity index is 426. The molecule has 0 aliphatic carbocycles. The molecule has 0 bridgehead atoms. The van der Waals surface area contributed by atoms with Crippen LogP contribution in [0.1, 0.15) is 33.5 Å². The van der Waals surface area contributed by atoms with E-state index >= 15 is 0 Å². The van der Waals surface area contributed by atoms with E-state index in [0.717, 1.165) is 31.4 Å². The van der Waals surface area contributed by atoms with Gasteiger partial charge in [-0.25, -0.2) is 4.99 Å². The molecule has 0 aromatic carbocycles. The molecule has 1 aromatic heterocycles. The molecule has 0 unspecified atom stereocenters. The summed E-state index contributed by atoms with van der Waals surface area (Å²) in [5.74, 6) is 1.70. The maximum absolute atomic E-state index is 4.56. The summed E-state index contributed by atoms with van der Waals surface area (Å²) in [6.45, 7) is 11.6. The normalized spacial score (nSPS) is 12.6. The average Bonchev–Trinajstić information content (AvgIpc) is 2.89. The van der Waals surface area contributed by atoms with Gasteiger partial charge < -0.3 is 15.2 Å². The number of hydrogen-bond donors (Lipinski definition) is 2. The van der Waals surface area contributed by atoms with Crippen molar-refractivity contribution in [1.82, 2.24) is 25.4 Å². The number of aryl methyl sites for hydroxylation is 1. The quantitative estimate of drug-likeness (QED) is 0.590. The molecule has 2 N–H and O–H groups in total. The molecular weight excluding hydrogens is 272 g/mol. The van der Waals surface area contributed by atoms with Crippen LogP contribution in [0, 0.1) is 0 Å². The van der Waals surface area contributed by atoms with Gasteiger partial charge in [-0.2, -0.15) is 11.8 Å². The number of rotatable bonds is 7. The lowest BCUT2D eigenvalue weighted by molar-refractivity contribution is 0.659. The van der Waals surface area contributed by atoms with Gasteiger partial charge in [0.2, 0.25) is 0 Å². The van der Waals surface area contributed by atoms with Crippen LogP contribution < -0.4 is 10.6 Å². The molecule has 0 radical (unpaired) electrons. The second-order valence-electron chi connectivity index (χ2n) is 5.05. The molecular formula is C13H26N6S. The molecule has 6 nitrogen and oxygen atoms in total. The Morgan fingerprint density at radius 1 is 1.40 bits per heavy atom. The van der Waals surface area contributed by atoms with E-state index in [9.17, 15) is 0 Å². The molecule has 0 amide bonds. The van der Waals surface area contributed by atoms with E-state index in [0.29, 0.717) is 6.54 Å². The van der Waals surface area contributed by atoms with Crippen LogP contribution in [0.15, 0.2) is 11.3 Å². The standard InChI is InChI=1S/C13H26N6S/c1-6-14-12(16-9-13(3,4)20-5)15-8-11-18-17-10-19(11)7-2/h10H,6-9H2,1-5H3,(H2,14,15,16). The smallest absolute Gasteiger partial charge is 0.191 e. The zero-order valence-corrected chi connectivity index (χ0v) is 13.9. The Morgan fingerprint density at radius 3 is 2.75 bits per heavy atom. The summed E-state index contributed by atoms with van der Waals surface area (Å²) in [4.78, 5) is 4.56. The summed E-state index contributed by atoms with van der Waals surface area (Å²) in [5.41, 5.74) is 0. The summed E-state index contributed by atoms with van der Waals surface area (Å²) in [7, 11) is 0. The number of guanidine groups is 1. The van der Waals surface area contributed by atoms with Crippen molar-refractivity contribution in [3.05, 3.63) is 12.2 Å². The highest BCUT2D eigenvalue weighted by Gasteiger charge is 2.16. The SMILES string of the molecule is CCNC(=NCc1nncn1CC)NCC(C)(C)SC. The molecule has 0 atom stereocenters. The Balaban J connectivity index is 2.63. The molecule has 20 heavy (non-hydrogen) atoms. The van der Waals surface area contributed by atoms with Crippen molar-refractivity contribution >= 4 is 17.7 Å². The molecule has 0 spiro atoms. The van der Waals surface area contributed by atoms with Gasteiger partial charge in [0, 0.05) is 24.4 Å². The highest BCUT2D eigenvalue weighted by Crippen LogP contribution is 2.19. The molecule has 0 saturated heterocycles. The summed E-state index contributed by atoms with van der Waals surface area (Å²) in [6.07, 6.45) is 3.86. The van der Waals surface area contributed by atoms with Gasteiger partial charge in [0.05, 0.1) is 0 Å². The molecule has 114 valence electrons. The van der Waals surface area contributed by atoms with Crippen LogP contribution >= 0.6 is 11.8 Å². The summed E-state index contributed by atoms with van der Waals surface area (Å²) in [5, 5.41) is 14.6. The number of nitrogens with zero attached hydrogens (tertiary/aromatic N) is 4. The fraction of sp³-hybridized carbons (Fsp3) is 0.769. The second kappa shape index (κ2) is 8.14. The summed E-state index contributed by atoms with van der Waals surface area (Å²) < 4.78 is 2.18. The number of thioether (sulfide) groups is 1. The number of hydrogen-bond acceptors (Lipinski definition) is 4. The molecule has 0 aliphatic rings. The van der Waals surface area contributed by atoms with Gasteiger partial charge in [0.15, 0.2) is 11.8 Å². The van der Waals surface area contributed by atoms with Crippen LogP contribution in [0.25, 0.3) is 0 Å². The fourth-order valence-corrected chi connectivity index (χ4v) is 1.74. The van der Waals surface area contributed by atoms with Crippen molar-refractivity contribution in [2.45, 2.75) is 45.5 Å². The largest absolute Gasteiger partial charge is 0.357 e. The van der Waals surface area contributed by atoms with Gasteiger partial charge in [0.25, 0.3) is 0 Å². The zero-order valence-electron chi connectivity index (χ0n) is 13.1. The van der Waals surface area contributed by atoms with Crippen molar-refractivity contribution in [3.8, 4) is 0 Å². The monoisotopic (exact) mass is 298 g/mol. The minimum absolute atomic E-state index is 0.180. The van der Waals surface area contributed by atoms with Crippen LogP contribution in [-0.2, 0) is 13.1 Å². The van der Waals surface area contributed by atoms with Crippen molar-refractivity contribution in [2.75, 3.05) is 19.3 Å². The van der Waals surface area contributed by atoms with Crippen molar-refractivity contribution < 1.29 is 0 Å². The minimum Gasteiger partial charge on any atom is -0.357 e. The average molecular weight is 298 g/mol. The lowest BCUT2D eigenvalue weighted by Gasteiger charge is -2.23. The van der Waals surface area contributed by atoms with E-state index in [2.05, 4.69) is 59.8 Å². The number of nitrogens with one attached hydrogen (secondary N) is 2. The zero-order chi connectivity index (χ0) is 15.0. The van der Waals surface area contributed by atoms with E-state index in [4.69, 9.17) is 0 Å². The maximum atomic E-state index is 4.56. The predicted octanol–water partition coefficient (Wildman–Crippen LogP) is 1.49. The highest BCUT2D eigenvalue weighted by atomic mass is 32.2. The molecule has 0 aliphatic heterocycles. The fourth-order valence-electron chi connectivity index (χ4n) is 1.53. The van der Waals surface area contributed by atoms with Crippen LogP contribution in [0.5, 0.6) is 0 Å². The molecule has 7 heteroatoms. The third kappa shape index (κ3) is 5.40. The molecule has 0 fully saturated rings. The van der Waals surface area contributed by atoms with E-state index in [1.54, 1.807) is 6.33 Å². The first-order valence-corrected chi connectivity index (χ1v) is 8.19. The van der Waals surface area contributed by atoms with Gasteiger partial charge >= 0.3 is 0 Å². The van der Waals surface area contributed by atoms with Crippen LogP contribution in [-0.4, -0.2) is 44.8 Å². The van der Waals surface area contributed by atoms with Gasteiger partial charge in [0.1, 0.15) is 12.9 Å². The number of aliphatic imine (C=N–C) groups is 1. The van der Waals surface area contributed by atoms with Gasteiger partial charge in [-0.15, -0.1) is 10.2 Å². The van der Waals surface area contributed by atoms with Crippen LogP contribution in [0.4, 0.5) is 0 Å². The van der Waals surface area contributed by atoms with E-state index < -0.39 is 0 Å². The third-order valence-corrected chi connectivity index (χ3v) is 4.24. The van der Waals surface area contributed by atoms with Crippen molar-refractivity contribution in [3.63, 3.8) is 0 Å². The summed E-state index contributed by atoms with van der Waals surface area (Å²) in [6, 6.07) is 0. The first kappa shape index (κ1) is 16.8. The Hall–Kier alpha value is -1.24. The van der Waals surface area contributed by atoms with Gasteiger partial charge in [-0.3, -0.25) is 0 Å². The maximum Gasteiger partial charge on any atom is 0.191 e. The Kier molecular flexibility index (Phi) is 6.84. The second-order valence-corrected chi connectivity index (χ2v) is 6.56. The first-order valence-electron chi connectivity index (χ1n) is 6.96. The Morgan fingerprint density at radius 2 is 2.15 bits per heavy atom. The molecule has 1 heterocycles. The Labute approximate surface area is 125 Å². The van der Waals surface area contributed by atoms with Crippen LogP contribution in [0.2, 0.25) is 0 Å². The van der Waals surface area contributed by atoms with Crippen LogP contribution in [0.3, 0.4) is 0 Å². The minimum atomic E-state index is 0.180. The third-order valence-electron chi connectivity index (χ3n) is 2.99. The van der Waals surface area contributed by atoms with Gasteiger partial charge in [-0.05, 0) is 34.0 Å². The van der Waals surface area contributed by atoms with Crippen molar-refractivity contribution in [2.24, 2.45) is 4.99 Å². The lowest BCUT2D eigenvalue weighted by atomic mass is 10.2. The highest BCUT2D eigenvalue weighted by molar-refractivity contribution is 7.99. The van der Waals surface area contributed by atoms with E-state index in [1.807, 2.05) is 16.3 Å². The lowest BCUT2D eigenvalue weighted by Crippen LogP contribution is -2.43. The molecule has 1 aromatic rings. The van der Waals surface area contributed by atoms with Crippen molar-refractivity contribution in [1.29, 1.82) is 0 Å². The predicted molar refractivity (Wildman–Crippen MR) is 86.1 cm³/mol. The molecule has 0 saturated carbocycles. The topological polar surface area (TPSA) is 67.1 Å². The van der Waals surface area contributed by atoms with Gasteiger partial charge in [-0.1, -0.05) is 0 Å². The number of aromatic nitrogens is 3. The summed E-state index contributed by atoms with van der Waals surface area (Å²) >= 11 is 1.84. The molecule has 1 rings (SSSR count). The van der Waals surface area contributed by atoms with E-state index in [1.165, 1.54) is 0 Å².